The fraction of sp³-hybridized carbons (Fsp3) is 0.667. The topological polar surface area (TPSA) is 0 Å². The van der Waals surface area contributed by atoms with Crippen LogP contribution >= 0.6 is 0 Å². The van der Waals surface area contributed by atoms with Crippen LogP contribution in [0.4, 0.5) is 0 Å². The predicted molar refractivity (Wildman–Crippen MR) is 31.8 cm³/mol. The third-order valence-electron chi connectivity index (χ3n) is 0.333. The number of allylic oxidation sites excluding steroid dienone is 2. The minimum atomic E-state index is 2.00. The van der Waals surface area contributed by atoms with Gasteiger partial charge in [-0.25, -0.2) is 0 Å². The molecular formula is C6H14. The van der Waals surface area contributed by atoms with Gasteiger partial charge in [-0.1, -0.05) is 26.0 Å². The molecule has 0 aromatic carbocycles. The molecule has 0 fully saturated rings. The van der Waals surface area contributed by atoms with Crippen LogP contribution < -0.4 is 0 Å². The van der Waals surface area contributed by atoms with Gasteiger partial charge in [-0.2, -0.15) is 0 Å². The molecule has 0 saturated heterocycles. The first-order chi connectivity index (χ1) is 2.91. The third-order valence-corrected chi connectivity index (χ3v) is 0.333. The number of rotatable bonds is 0. The van der Waals surface area contributed by atoms with E-state index in [0.717, 1.165) is 0 Å². The van der Waals surface area contributed by atoms with Crippen molar-refractivity contribution in [2.24, 2.45) is 0 Å². The predicted octanol–water partition coefficient (Wildman–Crippen LogP) is 2.61. The summed E-state index contributed by atoms with van der Waals surface area (Å²) in [4.78, 5) is 0. The van der Waals surface area contributed by atoms with Crippen LogP contribution in [0.2, 0.25) is 0 Å². The molecule has 0 radical (unpaired) electrons. The molecule has 0 N–H and O–H groups in total. The summed E-state index contributed by atoms with van der Waals surface area (Å²) in [7, 11) is 0. The van der Waals surface area contributed by atoms with Gasteiger partial charge < -0.3 is 0 Å². The van der Waals surface area contributed by atoms with Crippen LogP contribution in [-0.2, 0) is 0 Å². The van der Waals surface area contributed by atoms with E-state index in [1.807, 2.05) is 39.8 Å². The van der Waals surface area contributed by atoms with E-state index in [0.29, 0.717) is 0 Å². The van der Waals surface area contributed by atoms with Gasteiger partial charge in [0.1, 0.15) is 0 Å². The van der Waals surface area contributed by atoms with E-state index in [-0.39, 0.29) is 0 Å². The molecule has 0 nitrogen and oxygen atoms in total. The van der Waals surface area contributed by atoms with E-state index in [9.17, 15) is 0 Å². The molecule has 0 saturated carbocycles. The first-order valence-corrected chi connectivity index (χ1v) is 2.49. The Hall–Kier alpha value is -0.260. The molecule has 0 heterocycles. The molecule has 6 heavy (non-hydrogen) atoms. The average Bonchev–Trinajstić information content (AvgIpc) is 1.72. The molecule has 0 heteroatoms. The SMILES string of the molecule is C/C=C\C.CC. The van der Waals surface area contributed by atoms with Crippen LogP contribution in [0.1, 0.15) is 27.7 Å². The van der Waals surface area contributed by atoms with E-state index in [1.165, 1.54) is 0 Å². The summed E-state index contributed by atoms with van der Waals surface area (Å²) in [6.45, 7) is 8.00. The van der Waals surface area contributed by atoms with Crippen molar-refractivity contribution in [1.29, 1.82) is 0 Å². The normalized spacial score (nSPS) is 7.33. The summed E-state index contributed by atoms with van der Waals surface area (Å²) < 4.78 is 0. The summed E-state index contributed by atoms with van der Waals surface area (Å²) in [5.41, 5.74) is 0. The lowest BCUT2D eigenvalue weighted by Gasteiger charge is -1.49. The van der Waals surface area contributed by atoms with Gasteiger partial charge in [0.15, 0.2) is 0 Å². The zero-order valence-corrected chi connectivity index (χ0v) is 5.15. The minimum Gasteiger partial charge on any atom is -0.0919 e. The van der Waals surface area contributed by atoms with Crippen molar-refractivity contribution >= 4 is 0 Å². The molecule has 0 aliphatic heterocycles. The molecule has 0 aliphatic rings. The summed E-state index contributed by atoms with van der Waals surface area (Å²) >= 11 is 0. The van der Waals surface area contributed by atoms with Crippen LogP contribution in [0, 0.1) is 0 Å². The maximum atomic E-state index is 2.00. The maximum absolute atomic E-state index is 2.00. The first kappa shape index (κ1) is 9.22. The Morgan fingerprint density at radius 1 is 0.833 bits per heavy atom. The number of hydrogen-bond acceptors (Lipinski definition) is 0. The molecule has 0 rings (SSSR count). The monoisotopic (exact) mass is 86.1 g/mol. The Labute approximate surface area is 40.9 Å². The quantitative estimate of drug-likeness (QED) is 0.397. The van der Waals surface area contributed by atoms with E-state index < -0.39 is 0 Å². The highest BCUT2D eigenvalue weighted by Crippen LogP contribution is 1.57. The van der Waals surface area contributed by atoms with Gasteiger partial charge in [0, 0.05) is 0 Å². The lowest BCUT2D eigenvalue weighted by Crippen LogP contribution is -1.26. The van der Waals surface area contributed by atoms with Crippen LogP contribution in [0.5, 0.6) is 0 Å². The largest absolute Gasteiger partial charge is 0.0919 e. The van der Waals surface area contributed by atoms with E-state index >= 15 is 0 Å². The molecule has 38 valence electrons. The second-order valence-electron chi connectivity index (χ2n) is 0.667. The van der Waals surface area contributed by atoms with Crippen molar-refractivity contribution in [2.75, 3.05) is 0 Å². The zero-order valence-electron chi connectivity index (χ0n) is 5.15. The van der Waals surface area contributed by atoms with Crippen molar-refractivity contribution in [3.8, 4) is 0 Å². The van der Waals surface area contributed by atoms with Crippen LogP contribution in [0.25, 0.3) is 0 Å². The summed E-state index contributed by atoms with van der Waals surface area (Å²) in [6.07, 6.45) is 4.00. The smallest absolute Gasteiger partial charge is 0.0470 e. The maximum Gasteiger partial charge on any atom is -0.0470 e. The molecular weight excluding hydrogens is 72.1 g/mol. The molecule has 0 aromatic rings. The van der Waals surface area contributed by atoms with Crippen molar-refractivity contribution in [1.82, 2.24) is 0 Å². The van der Waals surface area contributed by atoms with Gasteiger partial charge in [-0.15, -0.1) is 0 Å². The van der Waals surface area contributed by atoms with Gasteiger partial charge in [-0.3, -0.25) is 0 Å². The van der Waals surface area contributed by atoms with Crippen LogP contribution in [0.15, 0.2) is 12.2 Å². The Bertz CT molecular complexity index is 15.2. The van der Waals surface area contributed by atoms with Gasteiger partial charge in [0.25, 0.3) is 0 Å². The second kappa shape index (κ2) is 21.9. The molecule has 0 spiro atoms. The zero-order chi connectivity index (χ0) is 5.41. The van der Waals surface area contributed by atoms with E-state index in [1.54, 1.807) is 0 Å². The van der Waals surface area contributed by atoms with Crippen molar-refractivity contribution in [3.05, 3.63) is 12.2 Å². The number of hydrogen-bond donors (Lipinski definition) is 0. The summed E-state index contributed by atoms with van der Waals surface area (Å²) in [6, 6.07) is 0. The Morgan fingerprint density at radius 2 is 1.00 bits per heavy atom. The fourth-order valence-electron chi connectivity index (χ4n) is 0. The van der Waals surface area contributed by atoms with E-state index in [2.05, 4.69) is 0 Å². The lowest BCUT2D eigenvalue weighted by atomic mass is 10.6. The highest BCUT2D eigenvalue weighted by atomic mass is 13.4. The van der Waals surface area contributed by atoms with Gasteiger partial charge >= 0.3 is 0 Å². The summed E-state index contributed by atoms with van der Waals surface area (Å²) in [5.74, 6) is 0. The molecule has 0 unspecified atom stereocenters. The Morgan fingerprint density at radius 3 is 1.00 bits per heavy atom. The Balaban J connectivity index is 0. The second-order valence-corrected chi connectivity index (χ2v) is 0.667. The van der Waals surface area contributed by atoms with Gasteiger partial charge in [0.2, 0.25) is 0 Å². The van der Waals surface area contributed by atoms with Crippen molar-refractivity contribution < 1.29 is 0 Å². The van der Waals surface area contributed by atoms with Gasteiger partial charge in [0.05, 0.1) is 0 Å². The average molecular weight is 86.2 g/mol. The highest BCUT2D eigenvalue weighted by molar-refractivity contribution is 4.68. The lowest BCUT2D eigenvalue weighted by molar-refractivity contribution is 1.50. The first-order valence-electron chi connectivity index (χ1n) is 2.49. The third kappa shape index (κ3) is 51.3. The molecule has 0 amide bonds. The molecule has 0 atom stereocenters. The van der Waals surface area contributed by atoms with Gasteiger partial charge in [-0.05, 0) is 13.8 Å². The fourth-order valence-corrected chi connectivity index (χ4v) is 0. The molecule has 0 aromatic heterocycles. The van der Waals surface area contributed by atoms with Crippen LogP contribution in [-0.4, -0.2) is 0 Å². The summed E-state index contributed by atoms with van der Waals surface area (Å²) in [5, 5.41) is 0. The van der Waals surface area contributed by atoms with E-state index in [4.69, 9.17) is 0 Å². The highest BCUT2D eigenvalue weighted by Gasteiger charge is 1.34. The minimum absolute atomic E-state index is 2.00. The molecule has 0 bridgehead atoms. The standard InChI is InChI=1S/C4H8.C2H6/c1-3-4-2;1-2/h3-4H,1-2H3;1-2H3/b4-3-;. The molecule has 0 aliphatic carbocycles. The van der Waals surface area contributed by atoms with Crippen molar-refractivity contribution in [2.45, 2.75) is 27.7 Å². The van der Waals surface area contributed by atoms with Crippen LogP contribution in [0.3, 0.4) is 0 Å². The van der Waals surface area contributed by atoms with Crippen molar-refractivity contribution in [3.63, 3.8) is 0 Å². The Kier molecular flexibility index (Phi) is 33.7.